The maximum atomic E-state index is 11.1. The zero-order chi connectivity index (χ0) is 17.8. The quantitative estimate of drug-likeness (QED) is 0.441. The number of alkyl halides is 3. The number of hydrogen-bond acceptors (Lipinski definition) is 3. The first-order valence-corrected chi connectivity index (χ1v) is 8.12. The van der Waals surface area contributed by atoms with Crippen molar-refractivity contribution in [2.75, 3.05) is 26.9 Å². The second kappa shape index (κ2) is 7.39. The van der Waals surface area contributed by atoms with Gasteiger partial charge in [-0.25, -0.2) is 0 Å². The second-order valence-corrected chi connectivity index (χ2v) is 7.71. The molecule has 4 nitrogen and oxygen atoms in total. The summed E-state index contributed by atoms with van der Waals surface area (Å²) in [4.78, 5) is 0. The highest BCUT2D eigenvalue weighted by molar-refractivity contribution is 8.20. The van der Waals surface area contributed by atoms with Crippen molar-refractivity contribution in [3.63, 3.8) is 0 Å². The molecule has 0 aliphatic carbocycles. The van der Waals surface area contributed by atoms with Crippen LogP contribution >= 0.6 is 0 Å². The highest BCUT2D eigenvalue weighted by Crippen LogP contribution is 2.33. The van der Waals surface area contributed by atoms with E-state index in [4.69, 9.17) is 4.74 Å². The Morgan fingerprint density at radius 3 is 1.77 bits per heavy atom. The summed E-state index contributed by atoms with van der Waals surface area (Å²) in [6.07, 6.45) is -3.78. The third kappa shape index (κ3) is 6.33. The summed E-state index contributed by atoms with van der Waals surface area (Å²) in [5, 5.41) is 0. The topological polar surface area (TPSA) is 43.4 Å². The molecule has 0 radical (unpaired) electrons. The van der Waals surface area contributed by atoms with Crippen molar-refractivity contribution in [3.05, 3.63) is 0 Å². The van der Waals surface area contributed by atoms with Crippen molar-refractivity contribution in [1.82, 2.24) is 0 Å². The molecule has 134 valence electrons. The largest absolute Gasteiger partial charge is 0.616 e. The van der Waals surface area contributed by atoms with Crippen molar-refractivity contribution in [3.8, 4) is 0 Å². The van der Waals surface area contributed by atoms with E-state index in [1.807, 2.05) is 0 Å². The van der Waals surface area contributed by atoms with E-state index < -0.39 is 21.5 Å². The smallest absolute Gasteiger partial charge is 0.436 e. The molecule has 0 atom stereocenters. The average Bonchev–Trinajstić information content (AvgIpc) is 2.72. The molecule has 1 saturated heterocycles. The minimum Gasteiger partial charge on any atom is -0.436 e. The first-order chi connectivity index (χ1) is 9.62. The molecule has 0 amide bonds. The summed E-state index contributed by atoms with van der Waals surface area (Å²) < 4.78 is 92.0. The molecule has 0 aromatic rings. The van der Waals surface area contributed by atoms with Crippen LogP contribution in [-0.4, -0.2) is 57.6 Å². The average molecular weight is 359 g/mol. The zero-order valence-electron chi connectivity index (χ0n) is 12.5. The number of ether oxygens (including phenoxy) is 1. The van der Waals surface area contributed by atoms with Gasteiger partial charge in [-0.1, -0.05) is 0 Å². The Balaban J connectivity index is 0.000000401. The number of halogens is 6. The summed E-state index contributed by atoms with van der Waals surface area (Å²) in [5.41, 5.74) is -6.24. The molecule has 0 unspecified atom stereocenters. The van der Waals surface area contributed by atoms with Gasteiger partial charge in [0.2, 0.25) is 9.69 Å². The molecule has 1 rings (SSSR count). The van der Waals surface area contributed by atoms with Gasteiger partial charge in [-0.3, -0.25) is 8.42 Å². The first kappa shape index (κ1) is 21.5. The molecule has 1 aliphatic heterocycles. The lowest BCUT2D eigenvalue weighted by Crippen LogP contribution is -2.43. The Labute approximate surface area is 125 Å². The lowest BCUT2D eigenvalue weighted by Gasteiger charge is -2.29. The highest BCUT2D eigenvalue weighted by Gasteiger charge is 2.58. The predicted molar refractivity (Wildman–Crippen MR) is 70.3 cm³/mol. The van der Waals surface area contributed by atoms with Crippen molar-refractivity contribution in [1.29, 1.82) is 0 Å². The summed E-state index contributed by atoms with van der Waals surface area (Å²) in [5.74, 6) is 0. The minimum atomic E-state index is -6.95. The maximum Gasteiger partial charge on any atom is 0.616 e. The molecular formula is C10H20BF6NO3S. The lowest BCUT2D eigenvalue weighted by atomic mass is 10.4. The molecular weight excluding hydrogens is 339 g/mol. The number of hydrogen-bond donors (Lipinski definition) is 0. The van der Waals surface area contributed by atoms with Crippen molar-refractivity contribution >= 4 is 15.9 Å². The van der Waals surface area contributed by atoms with Crippen LogP contribution in [0.3, 0.4) is 0 Å². The van der Waals surface area contributed by atoms with Crippen LogP contribution in [0.2, 0.25) is 0 Å². The van der Waals surface area contributed by atoms with E-state index in [0.717, 1.165) is 11.2 Å². The molecule has 1 heterocycles. The summed E-state index contributed by atoms with van der Waals surface area (Å²) in [6, 6.07) is 0. The molecule has 0 N–H and O–H groups in total. The Hall–Kier alpha value is -0.485. The maximum absolute atomic E-state index is 11.1. The van der Waals surface area contributed by atoms with Crippen LogP contribution in [0.5, 0.6) is 0 Å². The third-order valence-electron chi connectivity index (χ3n) is 3.04. The Bertz CT molecular complexity index is 423. The minimum absolute atomic E-state index is 0.380. The standard InChI is InChI=1S/C9H20NO.CBF6O2S/c1-9(2)11-8-10(3)6-4-5-7-10;3-1(4,5)11(9,10)2(6,7)8/h9H,4-8H2,1-3H3;/q+1;-1. The Morgan fingerprint density at radius 1 is 1.14 bits per heavy atom. The fourth-order valence-corrected chi connectivity index (χ4v) is 2.01. The van der Waals surface area contributed by atoms with Gasteiger partial charge >= 0.3 is 11.8 Å². The number of likely N-dealkylation sites (tertiary alicyclic amines) is 1. The lowest BCUT2D eigenvalue weighted by molar-refractivity contribution is -0.917. The molecule has 22 heavy (non-hydrogen) atoms. The van der Waals surface area contributed by atoms with E-state index in [-0.39, 0.29) is 0 Å². The molecule has 1 aliphatic rings. The predicted octanol–water partition coefficient (Wildman–Crippen LogP) is 2.87. The van der Waals surface area contributed by atoms with E-state index in [2.05, 4.69) is 20.9 Å². The van der Waals surface area contributed by atoms with Crippen LogP contribution in [0.25, 0.3) is 0 Å². The van der Waals surface area contributed by atoms with Gasteiger partial charge < -0.3 is 22.2 Å². The molecule has 0 aromatic heterocycles. The highest BCUT2D eigenvalue weighted by atomic mass is 32.2. The van der Waals surface area contributed by atoms with Crippen molar-refractivity contribution < 1.29 is 43.8 Å². The van der Waals surface area contributed by atoms with Gasteiger partial charge in [0.15, 0.2) is 6.73 Å². The fraction of sp³-hybridized carbons (Fsp3) is 1.00. The molecule has 1 fully saturated rings. The van der Waals surface area contributed by atoms with Crippen LogP contribution in [0.1, 0.15) is 26.7 Å². The van der Waals surface area contributed by atoms with Gasteiger partial charge in [-0.2, -0.15) is 13.2 Å². The van der Waals surface area contributed by atoms with Crippen LogP contribution < -0.4 is 0 Å². The summed E-state index contributed by atoms with van der Waals surface area (Å²) in [6.45, 7) is 7.70. The fourth-order valence-electron chi connectivity index (χ4n) is 1.71. The van der Waals surface area contributed by atoms with Crippen LogP contribution in [0, 0.1) is 0 Å². The molecule has 0 bridgehead atoms. The number of nitrogens with zero attached hydrogens (tertiary/aromatic N) is 1. The van der Waals surface area contributed by atoms with Crippen LogP contribution in [0.15, 0.2) is 0 Å². The van der Waals surface area contributed by atoms with Crippen molar-refractivity contribution in [2.45, 2.75) is 38.3 Å². The van der Waals surface area contributed by atoms with Gasteiger partial charge in [0.05, 0.1) is 26.2 Å². The van der Waals surface area contributed by atoms with E-state index in [9.17, 15) is 34.5 Å². The van der Waals surface area contributed by atoms with E-state index in [1.165, 1.54) is 25.9 Å². The van der Waals surface area contributed by atoms with E-state index >= 15 is 0 Å². The molecule has 0 spiro atoms. The van der Waals surface area contributed by atoms with Gasteiger partial charge in [0.1, 0.15) is 0 Å². The third-order valence-corrected chi connectivity index (χ3v) is 4.39. The zero-order valence-corrected chi connectivity index (χ0v) is 13.4. The SMILES string of the molecule is CC(C)OC[N+]1(C)CCCC1.O=S(=O)([B-](F)(F)F)C(F)(F)F. The second-order valence-electron chi connectivity index (χ2n) is 5.62. The van der Waals surface area contributed by atoms with Gasteiger partial charge in [0, 0.05) is 12.8 Å². The van der Waals surface area contributed by atoms with Crippen LogP contribution in [-0.2, 0) is 14.4 Å². The summed E-state index contributed by atoms with van der Waals surface area (Å²) >= 11 is 0. The summed E-state index contributed by atoms with van der Waals surface area (Å²) in [7, 11) is -4.66. The molecule has 12 heteroatoms. The van der Waals surface area contributed by atoms with Crippen LogP contribution in [0.4, 0.5) is 26.1 Å². The molecule has 0 saturated carbocycles. The monoisotopic (exact) mass is 359 g/mol. The van der Waals surface area contributed by atoms with Gasteiger partial charge in [-0.15, -0.1) is 0 Å². The number of quaternary nitrogens is 1. The van der Waals surface area contributed by atoms with Gasteiger partial charge in [-0.05, 0) is 13.8 Å². The molecule has 0 aromatic carbocycles. The van der Waals surface area contributed by atoms with E-state index in [1.54, 1.807) is 0 Å². The normalized spacial score (nSPS) is 19.0. The van der Waals surface area contributed by atoms with Gasteiger partial charge in [0.25, 0.3) is 0 Å². The Morgan fingerprint density at radius 2 is 1.55 bits per heavy atom. The van der Waals surface area contributed by atoms with Crippen molar-refractivity contribution in [2.24, 2.45) is 0 Å². The Kier molecular flexibility index (Phi) is 7.23. The van der Waals surface area contributed by atoms with E-state index in [0.29, 0.717) is 6.10 Å². The first-order valence-electron chi connectivity index (χ1n) is 6.57. The number of rotatable bonds is 4.